The van der Waals surface area contributed by atoms with Crippen molar-refractivity contribution in [3.05, 3.63) is 36.2 Å². The molecule has 0 saturated carbocycles. The zero-order valence-corrected chi connectivity index (χ0v) is 12.2. The van der Waals surface area contributed by atoms with Gasteiger partial charge in [0.05, 0.1) is 5.69 Å². The zero-order chi connectivity index (χ0) is 13.6. The summed E-state index contributed by atoms with van der Waals surface area (Å²) in [7, 11) is 0. The molecule has 2 aliphatic heterocycles. The maximum atomic E-state index is 4.31. The number of likely N-dealkylation sites (tertiary alicyclic amines) is 2. The number of hydrogen-bond donors (Lipinski definition) is 0. The van der Waals surface area contributed by atoms with E-state index in [2.05, 4.69) is 33.0 Å². The van der Waals surface area contributed by atoms with Crippen molar-refractivity contribution in [2.75, 3.05) is 32.7 Å². The first-order valence-corrected chi connectivity index (χ1v) is 7.96. The Balaban J connectivity index is 1.41. The lowest BCUT2D eigenvalue weighted by Gasteiger charge is -2.36. The van der Waals surface area contributed by atoms with Gasteiger partial charge in [-0.1, -0.05) is 12.1 Å². The minimum Gasteiger partial charge on any atom is -0.300 e. The second-order valence-corrected chi connectivity index (χ2v) is 5.93. The molecular weight excluding hydrogens is 246 g/mol. The van der Waals surface area contributed by atoms with E-state index >= 15 is 0 Å². The van der Waals surface area contributed by atoms with E-state index in [4.69, 9.17) is 0 Å². The number of nitrogens with zero attached hydrogens (tertiary/aromatic N) is 3. The van der Waals surface area contributed by atoms with Gasteiger partial charge in [-0.05, 0) is 70.1 Å². The topological polar surface area (TPSA) is 19.4 Å². The normalized spacial score (nSPS) is 22.8. The van der Waals surface area contributed by atoms with E-state index < -0.39 is 0 Å². The van der Waals surface area contributed by atoms with Crippen molar-refractivity contribution in [2.24, 2.45) is 0 Å². The maximum Gasteiger partial charge on any atom is 0.0626 e. The van der Waals surface area contributed by atoms with Crippen LogP contribution in [-0.2, 0) is 0 Å². The fraction of sp³-hybridized carbons (Fsp3) is 0.588. The lowest BCUT2D eigenvalue weighted by molar-refractivity contribution is 0.135. The molecule has 1 aromatic rings. The van der Waals surface area contributed by atoms with Crippen LogP contribution in [0.4, 0.5) is 0 Å². The summed E-state index contributed by atoms with van der Waals surface area (Å²) in [4.78, 5) is 9.58. The summed E-state index contributed by atoms with van der Waals surface area (Å²) in [5.74, 6) is 0. The van der Waals surface area contributed by atoms with Gasteiger partial charge in [0.1, 0.15) is 0 Å². The Kier molecular flexibility index (Phi) is 4.82. The third-order valence-corrected chi connectivity index (χ3v) is 4.55. The number of hydrogen-bond acceptors (Lipinski definition) is 3. The van der Waals surface area contributed by atoms with E-state index in [-0.39, 0.29) is 0 Å². The van der Waals surface area contributed by atoms with Crippen LogP contribution in [0.3, 0.4) is 0 Å². The first-order chi connectivity index (χ1) is 9.92. The fourth-order valence-electron chi connectivity index (χ4n) is 3.37. The van der Waals surface area contributed by atoms with Crippen LogP contribution in [0, 0.1) is 0 Å². The van der Waals surface area contributed by atoms with Gasteiger partial charge in [-0.2, -0.15) is 0 Å². The lowest BCUT2D eigenvalue weighted by Crippen LogP contribution is -2.43. The standard InChI is InChI=1S/C17H25N3/c1-2-10-18-16(6-1)7-5-11-19-14-8-17(9-15-19)20-12-3-4-13-20/h1-2,5-7,10,17H,3-4,8-9,11-15H2/b7-5+. The lowest BCUT2D eigenvalue weighted by atomic mass is 10.0. The summed E-state index contributed by atoms with van der Waals surface area (Å²) < 4.78 is 0. The highest BCUT2D eigenvalue weighted by Crippen LogP contribution is 2.20. The van der Waals surface area contributed by atoms with E-state index in [1.54, 1.807) is 0 Å². The van der Waals surface area contributed by atoms with Crippen molar-refractivity contribution < 1.29 is 0 Å². The Hall–Kier alpha value is -1.19. The van der Waals surface area contributed by atoms with Crippen molar-refractivity contribution in [3.8, 4) is 0 Å². The molecule has 3 rings (SSSR count). The molecule has 0 unspecified atom stereocenters. The van der Waals surface area contributed by atoms with Gasteiger partial charge in [0.2, 0.25) is 0 Å². The third kappa shape index (κ3) is 3.68. The quantitative estimate of drug-likeness (QED) is 0.839. The predicted molar refractivity (Wildman–Crippen MR) is 83.5 cm³/mol. The summed E-state index contributed by atoms with van der Waals surface area (Å²) in [6.07, 6.45) is 11.7. The van der Waals surface area contributed by atoms with Crippen molar-refractivity contribution in [2.45, 2.75) is 31.7 Å². The molecule has 2 saturated heterocycles. The molecule has 0 aromatic carbocycles. The van der Waals surface area contributed by atoms with Crippen molar-refractivity contribution >= 4 is 6.08 Å². The summed E-state index contributed by atoms with van der Waals surface area (Å²) in [5.41, 5.74) is 1.06. The van der Waals surface area contributed by atoms with Gasteiger partial charge < -0.3 is 4.90 Å². The molecule has 2 aliphatic rings. The second-order valence-electron chi connectivity index (χ2n) is 5.93. The number of piperidine rings is 1. The molecule has 108 valence electrons. The maximum absolute atomic E-state index is 4.31. The summed E-state index contributed by atoms with van der Waals surface area (Å²) in [6, 6.07) is 6.90. The number of aromatic nitrogens is 1. The Labute approximate surface area is 122 Å². The minimum absolute atomic E-state index is 0.855. The van der Waals surface area contributed by atoms with Crippen LogP contribution in [0.25, 0.3) is 6.08 Å². The minimum atomic E-state index is 0.855. The fourth-order valence-corrected chi connectivity index (χ4v) is 3.37. The van der Waals surface area contributed by atoms with Crippen LogP contribution in [0.15, 0.2) is 30.5 Å². The molecule has 0 amide bonds. The van der Waals surface area contributed by atoms with Gasteiger partial charge in [-0.15, -0.1) is 0 Å². The Morgan fingerprint density at radius 3 is 2.60 bits per heavy atom. The molecular formula is C17H25N3. The van der Waals surface area contributed by atoms with Crippen LogP contribution in [0.2, 0.25) is 0 Å². The van der Waals surface area contributed by atoms with Crippen LogP contribution < -0.4 is 0 Å². The second kappa shape index (κ2) is 7.00. The van der Waals surface area contributed by atoms with E-state index in [0.717, 1.165) is 18.3 Å². The molecule has 0 atom stereocenters. The number of rotatable bonds is 4. The van der Waals surface area contributed by atoms with Gasteiger partial charge in [0, 0.05) is 18.8 Å². The molecule has 1 aromatic heterocycles. The highest BCUT2D eigenvalue weighted by atomic mass is 15.2. The molecule has 2 fully saturated rings. The van der Waals surface area contributed by atoms with E-state index in [1.165, 1.54) is 51.9 Å². The van der Waals surface area contributed by atoms with Gasteiger partial charge in [-0.3, -0.25) is 9.88 Å². The molecule has 3 heterocycles. The van der Waals surface area contributed by atoms with E-state index in [9.17, 15) is 0 Å². The first-order valence-electron chi connectivity index (χ1n) is 7.96. The zero-order valence-electron chi connectivity index (χ0n) is 12.2. The molecule has 0 aliphatic carbocycles. The Bertz CT molecular complexity index is 415. The molecule has 3 nitrogen and oxygen atoms in total. The average Bonchev–Trinajstić information content (AvgIpc) is 3.03. The van der Waals surface area contributed by atoms with Crippen LogP contribution in [0.5, 0.6) is 0 Å². The van der Waals surface area contributed by atoms with Crippen molar-refractivity contribution in [1.29, 1.82) is 0 Å². The monoisotopic (exact) mass is 271 g/mol. The highest BCUT2D eigenvalue weighted by molar-refractivity contribution is 5.43. The Morgan fingerprint density at radius 2 is 1.90 bits per heavy atom. The molecule has 20 heavy (non-hydrogen) atoms. The molecule has 0 bridgehead atoms. The Morgan fingerprint density at radius 1 is 1.10 bits per heavy atom. The highest BCUT2D eigenvalue weighted by Gasteiger charge is 2.25. The van der Waals surface area contributed by atoms with E-state index in [0.29, 0.717) is 0 Å². The molecule has 0 N–H and O–H groups in total. The van der Waals surface area contributed by atoms with Gasteiger partial charge in [0.15, 0.2) is 0 Å². The van der Waals surface area contributed by atoms with Crippen molar-refractivity contribution in [1.82, 2.24) is 14.8 Å². The van der Waals surface area contributed by atoms with Crippen LogP contribution in [0.1, 0.15) is 31.4 Å². The first kappa shape index (κ1) is 13.8. The smallest absolute Gasteiger partial charge is 0.0626 e. The summed E-state index contributed by atoms with van der Waals surface area (Å²) in [6.45, 7) is 6.22. The number of pyridine rings is 1. The van der Waals surface area contributed by atoms with Crippen LogP contribution >= 0.6 is 0 Å². The van der Waals surface area contributed by atoms with Crippen molar-refractivity contribution in [3.63, 3.8) is 0 Å². The molecule has 3 heteroatoms. The van der Waals surface area contributed by atoms with Gasteiger partial charge in [-0.25, -0.2) is 0 Å². The predicted octanol–water partition coefficient (Wildman–Crippen LogP) is 2.66. The third-order valence-electron chi connectivity index (χ3n) is 4.55. The summed E-state index contributed by atoms with van der Waals surface area (Å²) in [5, 5.41) is 0. The van der Waals surface area contributed by atoms with E-state index in [1.807, 2.05) is 18.3 Å². The summed E-state index contributed by atoms with van der Waals surface area (Å²) >= 11 is 0. The van der Waals surface area contributed by atoms with Gasteiger partial charge >= 0.3 is 0 Å². The van der Waals surface area contributed by atoms with Gasteiger partial charge in [0.25, 0.3) is 0 Å². The SMILES string of the molecule is C(=C\c1ccccn1)/CN1CCC(N2CCCC2)CC1. The average molecular weight is 271 g/mol. The molecule has 0 spiro atoms. The largest absolute Gasteiger partial charge is 0.300 e. The molecule has 0 radical (unpaired) electrons. The van der Waals surface area contributed by atoms with Crippen LogP contribution in [-0.4, -0.2) is 53.5 Å².